The number of aldehydes is 1. The van der Waals surface area contributed by atoms with Gasteiger partial charge in [0.25, 0.3) is 0 Å². The lowest BCUT2D eigenvalue weighted by molar-refractivity contribution is 0.112. The first-order valence-electron chi connectivity index (χ1n) is 10.0. The maximum atomic E-state index is 10.9. The van der Waals surface area contributed by atoms with Crippen LogP contribution in [0.1, 0.15) is 54.9 Å². The van der Waals surface area contributed by atoms with E-state index in [-0.39, 0.29) is 0 Å². The summed E-state index contributed by atoms with van der Waals surface area (Å²) in [5.74, 6) is 1.84. The second-order valence-electron chi connectivity index (χ2n) is 7.39. The monoisotopic (exact) mass is 367 g/mol. The molecule has 0 amide bonds. The summed E-state index contributed by atoms with van der Waals surface area (Å²) in [6.07, 6.45) is 9.70. The second-order valence-corrected chi connectivity index (χ2v) is 7.39. The van der Waals surface area contributed by atoms with Crippen LogP contribution in [0.25, 0.3) is 11.3 Å². The number of pyridine rings is 1. The third-order valence-electron chi connectivity index (χ3n) is 5.34. The average Bonchev–Trinajstić information content (AvgIpc) is 2.74. The topological polar surface area (TPSA) is 68.0 Å². The highest BCUT2D eigenvalue weighted by Crippen LogP contribution is 2.29. The fourth-order valence-electron chi connectivity index (χ4n) is 3.63. The van der Waals surface area contributed by atoms with Gasteiger partial charge in [0.15, 0.2) is 0 Å². The quantitative estimate of drug-likeness (QED) is 0.561. The van der Waals surface area contributed by atoms with Crippen molar-refractivity contribution in [1.29, 1.82) is 0 Å². The Labute approximate surface area is 163 Å². The highest BCUT2D eigenvalue weighted by molar-refractivity contribution is 5.78. The molecule has 146 valence electrons. The number of hydrogen-bond acceptors (Lipinski definition) is 4. The van der Waals surface area contributed by atoms with Gasteiger partial charge in [0, 0.05) is 23.9 Å². The molecule has 1 fully saturated rings. The van der Waals surface area contributed by atoms with E-state index in [1.807, 2.05) is 36.5 Å². The Morgan fingerprint density at radius 1 is 1.15 bits per heavy atom. The molecule has 4 nitrogen and oxygen atoms in total. The molecule has 2 aromatic rings. The molecule has 0 atom stereocenters. The van der Waals surface area contributed by atoms with E-state index < -0.39 is 0 Å². The molecule has 1 aromatic heterocycles. The van der Waals surface area contributed by atoms with Crippen molar-refractivity contribution >= 4 is 6.29 Å². The number of carbonyl (C=O) groups excluding carboxylic acids is 1. The summed E-state index contributed by atoms with van der Waals surface area (Å²) in [7, 11) is 1.50. The lowest BCUT2D eigenvalue weighted by Crippen LogP contribution is -2.20. The van der Waals surface area contributed by atoms with Crippen molar-refractivity contribution in [2.75, 3.05) is 13.6 Å². The number of aromatic nitrogens is 1. The summed E-state index contributed by atoms with van der Waals surface area (Å²) in [4.78, 5) is 15.4. The van der Waals surface area contributed by atoms with Crippen molar-refractivity contribution in [1.82, 2.24) is 10.3 Å². The van der Waals surface area contributed by atoms with Crippen LogP contribution in [0.4, 0.5) is 0 Å². The van der Waals surface area contributed by atoms with Gasteiger partial charge in [-0.1, -0.05) is 56.9 Å². The van der Waals surface area contributed by atoms with Gasteiger partial charge < -0.3 is 11.1 Å². The third kappa shape index (κ3) is 6.89. The molecule has 1 saturated carbocycles. The molecule has 4 heteroatoms. The van der Waals surface area contributed by atoms with Crippen LogP contribution < -0.4 is 11.1 Å². The average molecular weight is 368 g/mol. The van der Waals surface area contributed by atoms with Crippen molar-refractivity contribution in [3.8, 4) is 11.3 Å². The van der Waals surface area contributed by atoms with E-state index in [1.165, 1.54) is 44.7 Å². The van der Waals surface area contributed by atoms with Gasteiger partial charge in [-0.15, -0.1) is 0 Å². The highest BCUT2D eigenvalue weighted by Gasteiger charge is 2.17. The Bertz CT molecular complexity index is 676. The first-order valence-corrected chi connectivity index (χ1v) is 10.0. The largest absolute Gasteiger partial charge is 0.333 e. The van der Waals surface area contributed by atoms with Crippen LogP contribution in [-0.2, 0) is 6.54 Å². The van der Waals surface area contributed by atoms with Gasteiger partial charge in [0.2, 0.25) is 0 Å². The van der Waals surface area contributed by atoms with Crippen molar-refractivity contribution < 1.29 is 4.79 Å². The van der Waals surface area contributed by atoms with E-state index in [4.69, 9.17) is 0 Å². The van der Waals surface area contributed by atoms with Gasteiger partial charge in [0.05, 0.1) is 5.69 Å². The minimum atomic E-state index is 0.683. The molecule has 1 heterocycles. The minimum Gasteiger partial charge on any atom is -0.333 e. The first-order chi connectivity index (χ1) is 13.2. The Morgan fingerprint density at radius 2 is 1.93 bits per heavy atom. The molecule has 0 bridgehead atoms. The van der Waals surface area contributed by atoms with Crippen LogP contribution in [0, 0.1) is 11.8 Å². The van der Waals surface area contributed by atoms with Crippen molar-refractivity contribution in [3.05, 3.63) is 53.7 Å². The zero-order valence-corrected chi connectivity index (χ0v) is 16.7. The van der Waals surface area contributed by atoms with Gasteiger partial charge in [0.1, 0.15) is 6.29 Å². The number of nitrogens with one attached hydrogen (secondary N) is 1. The minimum absolute atomic E-state index is 0.683. The number of nitrogens with two attached hydrogens (primary N) is 1. The summed E-state index contributed by atoms with van der Waals surface area (Å²) < 4.78 is 0. The molecule has 3 N–H and O–H groups in total. The normalized spacial score (nSPS) is 19.1. The fourth-order valence-corrected chi connectivity index (χ4v) is 3.63. The van der Waals surface area contributed by atoms with Crippen LogP contribution in [-0.4, -0.2) is 24.9 Å². The summed E-state index contributed by atoms with van der Waals surface area (Å²) in [6, 6.07) is 11.7. The van der Waals surface area contributed by atoms with Crippen LogP contribution in [0.2, 0.25) is 0 Å². The molecule has 0 unspecified atom stereocenters. The summed E-state index contributed by atoms with van der Waals surface area (Å²) in [5, 5.41) is 3.55. The molecule has 1 aliphatic carbocycles. The SMILES string of the molecule is CC1CCC(CCNCc2ccc(-c3cccc(C=O)c3)nc2)CC1.CN. The number of rotatable bonds is 7. The second kappa shape index (κ2) is 11.6. The Morgan fingerprint density at radius 3 is 2.59 bits per heavy atom. The summed E-state index contributed by atoms with van der Waals surface area (Å²) in [5.41, 5.74) is 8.27. The van der Waals surface area contributed by atoms with E-state index in [1.54, 1.807) is 0 Å². The first kappa shape index (κ1) is 21.3. The number of carbonyl (C=O) groups is 1. The van der Waals surface area contributed by atoms with Crippen LogP contribution in [0.5, 0.6) is 0 Å². The molecular weight excluding hydrogens is 334 g/mol. The molecule has 1 aliphatic rings. The van der Waals surface area contributed by atoms with Gasteiger partial charge in [-0.3, -0.25) is 9.78 Å². The lowest BCUT2D eigenvalue weighted by atomic mass is 9.81. The fraction of sp³-hybridized carbons (Fsp3) is 0.478. The summed E-state index contributed by atoms with van der Waals surface area (Å²) >= 11 is 0. The molecule has 0 spiro atoms. The number of hydrogen-bond donors (Lipinski definition) is 2. The van der Waals surface area contributed by atoms with E-state index in [9.17, 15) is 4.79 Å². The van der Waals surface area contributed by atoms with Crippen molar-refractivity contribution in [3.63, 3.8) is 0 Å². The van der Waals surface area contributed by atoms with E-state index >= 15 is 0 Å². The molecule has 0 saturated heterocycles. The van der Waals surface area contributed by atoms with Crippen molar-refractivity contribution in [2.24, 2.45) is 17.6 Å². The predicted octanol–water partition coefficient (Wildman–Crippen LogP) is 4.44. The Kier molecular flexibility index (Phi) is 9.16. The zero-order chi connectivity index (χ0) is 19.5. The zero-order valence-electron chi connectivity index (χ0n) is 16.7. The van der Waals surface area contributed by atoms with Gasteiger partial charge in [-0.05, 0) is 49.5 Å². The molecule has 0 radical (unpaired) electrons. The molecule has 1 aromatic carbocycles. The van der Waals surface area contributed by atoms with Gasteiger partial charge >= 0.3 is 0 Å². The van der Waals surface area contributed by atoms with Crippen molar-refractivity contribution in [2.45, 2.75) is 45.6 Å². The van der Waals surface area contributed by atoms with Crippen LogP contribution in [0.3, 0.4) is 0 Å². The molecular formula is C23H33N3O. The maximum absolute atomic E-state index is 10.9. The molecule has 27 heavy (non-hydrogen) atoms. The third-order valence-corrected chi connectivity index (χ3v) is 5.34. The van der Waals surface area contributed by atoms with E-state index in [0.717, 1.165) is 42.5 Å². The van der Waals surface area contributed by atoms with E-state index in [2.05, 4.69) is 29.0 Å². The van der Waals surface area contributed by atoms with Crippen LogP contribution in [0.15, 0.2) is 42.6 Å². The maximum Gasteiger partial charge on any atom is 0.150 e. The molecule has 0 aliphatic heterocycles. The Balaban J connectivity index is 0.00000126. The van der Waals surface area contributed by atoms with Crippen LogP contribution >= 0.6 is 0 Å². The van der Waals surface area contributed by atoms with E-state index in [0.29, 0.717) is 5.56 Å². The van der Waals surface area contributed by atoms with Gasteiger partial charge in [-0.25, -0.2) is 0 Å². The lowest BCUT2D eigenvalue weighted by Gasteiger charge is -2.26. The smallest absolute Gasteiger partial charge is 0.150 e. The Hall–Kier alpha value is -2.04. The standard InChI is InChI=1S/C22H28N2O.CH5N/c1-17-5-7-18(8-6-17)11-12-23-14-20-9-10-22(24-15-20)21-4-2-3-19(13-21)16-25;1-2/h2-4,9-10,13,15-18,23H,5-8,11-12,14H2,1H3;2H2,1H3. The molecule has 3 rings (SSSR count). The number of nitrogens with zero attached hydrogens (tertiary/aromatic N) is 1. The summed E-state index contributed by atoms with van der Waals surface area (Å²) in [6.45, 7) is 4.33. The predicted molar refractivity (Wildman–Crippen MR) is 113 cm³/mol. The number of benzene rings is 1. The van der Waals surface area contributed by atoms with Gasteiger partial charge in [-0.2, -0.15) is 0 Å². The highest BCUT2D eigenvalue weighted by atomic mass is 16.1.